The van der Waals surface area contributed by atoms with Crippen LogP contribution in [-0.4, -0.2) is 52.9 Å². The summed E-state index contributed by atoms with van der Waals surface area (Å²) in [6, 6.07) is 14.2. The Hall–Kier alpha value is -3.66. The first-order chi connectivity index (χ1) is 16.9. The second-order valence-corrected chi connectivity index (χ2v) is 8.29. The van der Waals surface area contributed by atoms with Gasteiger partial charge >= 0.3 is 5.97 Å². The summed E-state index contributed by atoms with van der Waals surface area (Å²) in [7, 11) is 0. The molecule has 2 heterocycles. The van der Waals surface area contributed by atoms with Gasteiger partial charge in [-0.2, -0.15) is 0 Å². The zero-order valence-electron chi connectivity index (χ0n) is 18.7. The van der Waals surface area contributed by atoms with Gasteiger partial charge in [0, 0.05) is 24.8 Å². The van der Waals surface area contributed by atoms with E-state index in [1.807, 2.05) is 24.3 Å². The predicted octanol–water partition coefficient (Wildman–Crippen LogP) is 3.35. The Labute approximate surface area is 206 Å². The van der Waals surface area contributed by atoms with E-state index in [0.29, 0.717) is 53.2 Å². The number of carboxylic acids is 1. The first-order valence-electron chi connectivity index (χ1n) is 11.0. The fourth-order valence-corrected chi connectivity index (χ4v) is 3.91. The van der Waals surface area contributed by atoms with Crippen molar-refractivity contribution in [1.29, 1.82) is 0 Å². The molecule has 1 aliphatic rings. The molecule has 10 heteroatoms. The van der Waals surface area contributed by atoms with Crippen LogP contribution in [0.25, 0.3) is 11.1 Å². The third kappa shape index (κ3) is 6.27. The molecule has 4 N–H and O–H groups in total. The van der Waals surface area contributed by atoms with Gasteiger partial charge in [-0.3, -0.25) is 9.59 Å². The van der Waals surface area contributed by atoms with Crippen LogP contribution in [0.1, 0.15) is 22.3 Å². The number of hydrogen-bond donors (Lipinski definition) is 4. The lowest BCUT2D eigenvalue weighted by Gasteiger charge is -2.19. The number of fused-ring (bicyclic) bond motifs is 1. The minimum atomic E-state index is -1.06. The van der Waals surface area contributed by atoms with E-state index in [9.17, 15) is 14.7 Å². The van der Waals surface area contributed by atoms with Crippen LogP contribution in [0.2, 0.25) is 5.02 Å². The molecule has 2 aromatic carbocycles. The molecule has 1 unspecified atom stereocenters. The number of carbonyl (C=O) groups is 2. The van der Waals surface area contributed by atoms with Gasteiger partial charge in [0.15, 0.2) is 11.5 Å². The summed E-state index contributed by atoms with van der Waals surface area (Å²) in [5.74, 6) is 0.203. The van der Waals surface area contributed by atoms with Crippen molar-refractivity contribution in [2.45, 2.75) is 19.1 Å². The number of aliphatic carboxylic acids is 1. The van der Waals surface area contributed by atoms with Crippen molar-refractivity contribution in [3.05, 3.63) is 70.9 Å². The fourth-order valence-electron chi connectivity index (χ4n) is 3.58. The summed E-state index contributed by atoms with van der Waals surface area (Å²) in [6.45, 7) is 1.51. The lowest BCUT2D eigenvalue weighted by Crippen LogP contribution is -2.28. The van der Waals surface area contributed by atoms with Gasteiger partial charge in [0.25, 0.3) is 5.91 Å². The number of aromatic nitrogens is 1. The SMILES string of the molecule is O=C(O)CC(O)CNCc1ccc(NC(=O)c2cccc(-c3ccc4c(c3)OCCO4)c2Cl)nc1. The van der Waals surface area contributed by atoms with Crippen molar-refractivity contribution in [2.24, 2.45) is 0 Å². The van der Waals surface area contributed by atoms with Gasteiger partial charge in [0.2, 0.25) is 0 Å². The minimum absolute atomic E-state index is 0.142. The summed E-state index contributed by atoms with van der Waals surface area (Å²) < 4.78 is 11.2. The van der Waals surface area contributed by atoms with Crippen LogP contribution < -0.4 is 20.1 Å². The number of benzene rings is 2. The highest BCUT2D eigenvalue weighted by molar-refractivity contribution is 6.37. The number of anilines is 1. The molecule has 0 aliphatic carbocycles. The fraction of sp³-hybridized carbons (Fsp3) is 0.240. The third-order valence-electron chi connectivity index (χ3n) is 5.28. The quantitative estimate of drug-likeness (QED) is 0.354. The smallest absolute Gasteiger partial charge is 0.306 e. The second kappa shape index (κ2) is 11.2. The minimum Gasteiger partial charge on any atom is -0.486 e. The van der Waals surface area contributed by atoms with Crippen LogP contribution >= 0.6 is 11.6 Å². The summed E-state index contributed by atoms with van der Waals surface area (Å²) >= 11 is 6.61. The van der Waals surface area contributed by atoms with Gasteiger partial charge < -0.3 is 30.3 Å². The lowest BCUT2D eigenvalue weighted by molar-refractivity contribution is -0.139. The molecular weight excluding hydrogens is 474 g/mol. The Kier molecular flexibility index (Phi) is 7.81. The monoisotopic (exact) mass is 497 g/mol. The molecular formula is C25H24ClN3O6. The van der Waals surface area contributed by atoms with E-state index in [0.717, 1.165) is 11.1 Å². The molecule has 0 spiro atoms. The Morgan fingerprint density at radius 2 is 1.89 bits per heavy atom. The Morgan fingerprint density at radius 3 is 2.63 bits per heavy atom. The molecule has 1 aliphatic heterocycles. The topological polar surface area (TPSA) is 130 Å². The van der Waals surface area contributed by atoms with Gasteiger partial charge in [-0.1, -0.05) is 35.9 Å². The van der Waals surface area contributed by atoms with E-state index in [4.69, 9.17) is 26.2 Å². The number of carboxylic acid groups (broad SMARTS) is 1. The van der Waals surface area contributed by atoms with Crippen LogP contribution in [-0.2, 0) is 11.3 Å². The third-order valence-corrected chi connectivity index (χ3v) is 5.69. The summed E-state index contributed by atoms with van der Waals surface area (Å²) in [4.78, 5) is 27.7. The van der Waals surface area contributed by atoms with Crippen molar-refractivity contribution < 1.29 is 29.3 Å². The van der Waals surface area contributed by atoms with Crippen molar-refractivity contribution in [1.82, 2.24) is 10.3 Å². The number of amides is 1. The van der Waals surface area contributed by atoms with Crippen molar-refractivity contribution >= 4 is 29.3 Å². The highest BCUT2D eigenvalue weighted by Crippen LogP contribution is 2.37. The number of halogens is 1. The highest BCUT2D eigenvalue weighted by Gasteiger charge is 2.18. The maximum Gasteiger partial charge on any atom is 0.306 e. The van der Waals surface area contributed by atoms with Gasteiger partial charge in [-0.15, -0.1) is 0 Å². The van der Waals surface area contributed by atoms with Gasteiger partial charge in [-0.05, 0) is 35.4 Å². The van der Waals surface area contributed by atoms with E-state index < -0.39 is 18.0 Å². The number of rotatable bonds is 9. The zero-order valence-corrected chi connectivity index (χ0v) is 19.4. The molecule has 9 nitrogen and oxygen atoms in total. The first kappa shape index (κ1) is 24.5. The van der Waals surface area contributed by atoms with E-state index in [1.165, 1.54) is 0 Å². The van der Waals surface area contributed by atoms with Gasteiger partial charge in [0.05, 0.1) is 23.1 Å². The average molecular weight is 498 g/mol. The summed E-state index contributed by atoms with van der Waals surface area (Å²) in [5, 5.41) is 24.3. The normalized spacial score (nSPS) is 13.2. The van der Waals surface area contributed by atoms with E-state index in [-0.39, 0.29) is 13.0 Å². The van der Waals surface area contributed by atoms with Crippen LogP contribution in [0.15, 0.2) is 54.7 Å². The first-order valence-corrected chi connectivity index (χ1v) is 11.3. The maximum atomic E-state index is 12.9. The number of pyridine rings is 1. The molecule has 0 bridgehead atoms. The number of aliphatic hydroxyl groups excluding tert-OH is 1. The number of hydrogen-bond acceptors (Lipinski definition) is 7. The Balaban J connectivity index is 1.40. The van der Waals surface area contributed by atoms with Gasteiger partial charge in [0.1, 0.15) is 19.0 Å². The number of aliphatic hydroxyl groups is 1. The molecule has 0 radical (unpaired) electrons. The average Bonchev–Trinajstić information content (AvgIpc) is 2.84. The van der Waals surface area contributed by atoms with Crippen molar-refractivity contribution in [3.63, 3.8) is 0 Å². The molecule has 0 saturated carbocycles. The van der Waals surface area contributed by atoms with Crippen molar-refractivity contribution in [2.75, 3.05) is 25.1 Å². The number of nitrogens with one attached hydrogen (secondary N) is 2. The zero-order chi connectivity index (χ0) is 24.8. The second-order valence-electron chi connectivity index (χ2n) is 7.91. The molecule has 182 valence electrons. The predicted molar refractivity (Wildman–Crippen MR) is 130 cm³/mol. The molecule has 1 atom stereocenters. The van der Waals surface area contributed by atoms with Crippen LogP contribution in [0.4, 0.5) is 5.82 Å². The van der Waals surface area contributed by atoms with E-state index >= 15 is 0 Å². The summed E-state index contributed by atoms with van der Waals surface area (Å²) in [6.07, 6.45) is 0.287. The molecule has 3 aromatic rings. The highest BCUT2D eigenvalue weighted by atomic mass is 35.5. The maximum absolute atomic E-state index is 12.9. The van der Waals surface area contributed by atoms with Crippen LogP contribution in [0, 0.1) is 0 Å². The number of carbonyl (C=O) groups excluding carboxylic acids is 1. The number of nitrogens with zero attached hydrogens (tertiary/aromatic N) is 1. The molecule has 4 rings (SSSR count). The Morgan fingerprint density at radius 1 is 1.09 bits per heavy atom. The van der Waals surface area contributed by atoms with Crippen LogP contribution in [0.5, 0.6) is 11.5 Å². The molecule has 35 heavy (non-hydrogen) atoms. The van der Waals surface area contributed by atoms with E-state index in [2.05, 4.69) is 15.6 Å². The molecule has 1 aromatic heterocycles. The van der Waals surface area contributed by atoms with Crippen LogP contribution in [0.3, 0.4) is 0 Å². The number of ether oxygens (including phenoxy) is 2. The Bertz CT molecular complexity index is 1220. The summed E-state index contributed by atoms with van der Waals surface area (Å²) in [5.41, 5.74) is 2.61. The van der Waals surface area contributed by atoms with E-state index in [1.54, 1.807) is 30.5 Å². The van der Waals surface area contributed by atoms with Gasteiger partial charge in [-0.25, -0.2) is 4.98 Å². The molecule has 1 amide bonds. The van der Waals surface area contributed by atoms with Crippen molar-refractivity contribution in [3.8, 4) is 22.6 Å². The molecule has 0 saturated heterocycles. The largest absolute Gasteiger partial charge is 0.486 e. The standard InChI is InChI=1S/C25H24ClN3O6/c26-24-18(16-5-6-20-21(10-16)35-9-8-34-20)2-1-3-19(24)25(33)29-22-7-4-15(13-28-22)12-27-14-17(30)11-23(31)32/h1-7,10,13,17,27,30H,8-9,11-12,14H2,(H,31,32)(H,28,29,33). The molecule has 0 fully saturated rings. The lowest BCUT2D eigenvalue weighted by atomic mass is 10.0.